The lowest BCUT2D eigenvalue weighted by Crippen LogP contribution is -2.51. The summed E-state index contributed by atoms with van der Waals surface area (Å²) in [5.74, 6) is 0.0102. The van der Waals surface area contributed by atoms with Gasteiger partial charge in [0, 0.05) is 18.5 Å². The van der Waals surface area contributed by atoms with Crippen LogP contribution in [0.5, 0.6) is 0 Å². The van der Waals surface area contributed by atoms with E-state index in [1.807, 2.05) is 44.2 Å². The highest BCUT2D eigenvalue weighted by Crippen LogP contribution is 2.24. The molecule has 9 heteroatoms. The molecule has 0 aliphatic heterocycles. The molecule has 0 aliphatic rings. The molecular weight excluding hydrogens is 480 g/mol. The number of fused-ring (bicyclic) bond motifs is 1. The van der Waals surface area contributed by atoms with E-state index >= 15 is 0 Å². The Kier molecular flexibility index (Phi) is 8.81. The monoisotopic (exact) mass is 516 g/mol. The third-order valence-electron chi connectivity index (χ3n) is 5.49. The maximum atomic E-state index is 13.6. The number of ether oxygens (including phenoxy) is 1. The first kappa shape index (κ1) is 27.7. The Bertz CT molecular complexity index is 1250. The number of carbonyl (C=O) groups is 1. The lowest BCUT2D eigenvalue weighted by Gasteiger charge is -2.31. The van der Waals surface area contributed by atoms with Crippen molar-refractivity contribution in [2.45, 2.75) is 63.7 Å². The molecule has 0 bridgehead atoms. The second kappa shape index (κ2) is 11.5. The van der Waals surface area contributed by atoms with Gasteiger partial charge < -0.3 is 19.6 Å². The molecule has 3 rings (SSSR count). The second-order valence-corrected chi connectivity index (χ2v) is 12.3. The van der Waals surface area contributed by atoms with Crippen LogP contribution < -0.4 is 5.32 Å². The largest absolute Gasteiger partial charge is 0.464 e. The molecule has 0 saturated heterocycles. The van der Waals surface area contributed by atoms with Crippen molar-refractivity contribution in [1.82, 2.24) is 9.62 Å². The van der Waals surface area contributed by atoms with E-state index in [1.54, 1.807) is 39.0 Å². The second-order valence-electron chi connectivity index (χ2n) is 10.3. The molecule has 0 aliphatic carbocycles. The molecule has 2 N–H and O–H groups in total. The average Bonchev–Trinajstić information content (AvgIpc) is 3.25. The van der Waals surface area contributed by atoms with E-state index in [9.17, 15) is 18.3 Å². The lowest BCUT2D eigenvalue weighted by molar-refractivity contribution is 0.0400. The van der Waals surface area contributed by atoms with Crippen molar-refractivity contribution >= 4 is 27.1 Å². The molecule has 3 aromatic rings. The topological polar surface area (TPSA) is 109 Å². The zero-order valence-electron chi connectivity index (χ0n) is 21.5. The molecule has 2 atom stereocenters. The molecule has 0 saturated carbocycles. The van der Waals surface area contributed by atoms with Crippen LogP contribution >= 0.6 is 0 Å². The van der Waals surface area contributed by atoms with Crippen molar-refractivity contribution in [3.63, 3.8) is 0 Å². The van der Waals surface area contributed by atoms with Crippen molar-refractivity contribution < 1.29 is 27.5 Å². The van der Waals surface area contributed by atoms with E-state index < -0.39 is 33.9 Å². The van der Waals surface area contributed by atoms with Gasteiger partial charge in [-0.05, 0) is 62.9 Å². The highest BCUT2D eigenvalue weighted by atomic mass is 32.2. The molecule has 1 aromatic heterocycles. The zero-order chi connectivity index (χ0) is 26.5. The maximum Gasteiger partial charge on any atom is 0.407 e. The summed E-state index contributed by atoms with van der Waals surface area (Å²) in [4.78, 5) is 12.7. The Balaban J connectivity index is 1.87. The number of nitrogens with zero attached hydrogens (tertiary/aromatic N) is 1. The number of aliphatic hydroxyl groups is 1. The van der Waals surface area contributed by atoms with Gasteiger partial charge in [-0.2, -0.15) is 4.31 Å². The third kappa shape index (κ3) is 7.56. The fourth-order valence-corrected chi connectivity index (χ4v) is 5.54. The van der Waals surface area contributed by atoms with Gasteiger partial charge in [-0.3, -0.25) is 0 Å². The average molecular weight is 517 g/mol. The first-order valence-corrected chi connectivity index (χ1v) is 13.5. The molecule has 36 heavy (non-hydrogen) atoms. The third-order valence-corrected chi connectivity index (χ3v) is 7.31. The molecule has 0 fully saturated rings. The van der Waals surface area contributed by atoms with Crippen LogP contribution in [0.2, 0.25) is 0 Å². The highest BCUT2D eigenvalue weighted by Gasteiger charge is 2.32. The Morgan fingerprint density at radius 1 is 1.08 bits per heavy atom. The number of aliphatic hydroxyl groups excluding tert-OH is 1. The highest BCUT2D eigenvalue weighted by molar-refractivity contribution is 7.89. The summed E-state index contributed by atoms with van der Waals surface area (Å²) in [6.07, 6.45) is -0.0551. The van der Waals surface area contributed by atoms with Crippen LogP contribution in [0.25, 0.3) is 11.0 Å². The molecule has 1 heterocycles. The van der Waals surface area contributed by atoms with E-state index in [0.29, 0.717) is 17.4 Å². The van der Waals surface area contributed by atoms with E-state index in [0.717, 1.165) is 5.56 Å². The SMILES string of the molecule is CC(C)CN(C[C@@H](O)[C@H](Cc1ccccc1)NC(=O)OC(C)(C)C)S(=O)(=O)c1ccc2occc2c1. The summed E-state index contributed by atoms with van der Waals surface area (Å²) in [6, 6.07) is 15.0. The number of alkyl carbamates (subject to hydrolysis) is 1. The standard InChI is InChI=1S/C27H36N2O6S/c1-19(2)17-29(36(32,33)22-11-12-25-21(16-22)13-14-34-25)18-24(30)23(15-20-9-7-6-8-10-20)28-26(31)35-27(3,4)5/h6-14,16,19,23-24,30H,15,17-18H2,1-5H3,(H,28,31)/t23-,24+/m0/s1. The molecule has 196 valence electrons. The number of hydrogen-bond donors (Lipinski definition) is 2. The fraction of sp³-hybridized carbons (Fsp3) is 0.444. The van der Waals surface area contributed by atoms with Gasteiger partial charge in [0.1, 0.15) is 11.2 Å². The number of benzene rings is 2. The van der Waals surface area contributed by atoms with E-state index in [-0.39, 0.29) is 23.9 Å². The van der Waals surface area contributed by atoms with Crippen LogP contribution in [-0.4, -0.2) is 54.8 Å². The maximum absolute atomic E-state index is 13.6. The van der Waals surface area contributed by atoms with Crippen LogP contribution in [0.3, 0.4) is 0 Å². The van der Waals surface area contributed by atoms with Gasteiger partial charge in [0.15, 0.2) is 0 Å². The number of rotatable bonds is 10. The first-order valence-electron chi connectivity index (χ1n) is 12.0. The van der Waals surface area contributed by atoms with Gasteiger partial charge in [0.05, 0.1) is 23.3 Å². The Hall–Kier alpha value is -2.88. The molecule has 2 aromatic carbocycles. The first-order chi connectivity index (χ1) is 16.8. The molecule has 0 radical (unpaired) electrons. The molecule has 0 spiro atoms. The van der Waals surface area contributed by atoms with Crippen molar-refractivity contribution in [2.24, 2.45) is 5.92 Å². The number of nitrogens with one attached hydrogen (secondary N) is 1. The van der Waals surface area contributed by atoms with Gasteiger partial charge >= 0.3 is 6.09 Å². The van der Waals surface area contributed by atoms with Gasteiger partial charge in [-0.1, -0.05) is 44.2 Å². The molecule has 1 amide bonds. The van der Waals surface area contributed by atoms with Crippen LogP contribution in [0.15, 0.2) is 70.2 Å². The van der Waals surface area contributed by atoms with Crippen molar-refractivity contribution in [3.8, 4) is 0 Å². The van der Waals surface area contributed by atoms with Crippen molar-refractivity contribution in [2.75, 3.05) is 13.1 Å². The van der Waals surface area contributed by atoms with Crippen molar-refractivity contribution in [3.05, 3.63) is 66.4 Å². The number of amides is 1. The number of carbonyl (C=O) groups excluding carboxylic acids is 1. The van der Waals surface area contributed by atoms with Crippen LogP contribution in [-0.2, 0) is 21.2 Å². The summed E-state index contributed by atoms with van der Waals surface area (Å²) >= 11 is 0. The normalized spacial score (nSPS) is 14.2. The van der Waals surface area contributed by atoms with Crippen LogP contribution in [0.1, 0.15) is 40.2 Å². The van der Waals surface area contributed by atoms with E-state index in [4.69, 9.17) is 9.15 Å². The van der Waals surface area contributed by atoms with Crippen molar-refractivity contribution in [1.29, 1.82) is 0 Å². The fourth-order valence-electron chi connectivity index (χ4n) is 3.88. The van der Waals surface area contributed by atoms with E-state index in [1.165, 1.54) is 16.6 Å². The molecule has 0 unspecified atom stereocenters. The van der Waals surface area contributed by atoms with E-state index in [2.05, 4.69) is 5.32 Å². The number of hydrogen-bond acceptors (Lipinski definition) is 6. The summed E-state index contributed by atoms with van der Waals surface area (Å²) in [5, 5.41) is 14.7. The summed E-state index contributed by atoms with van der Waals surface area (Å²) in [6.45, 7) is 9.09. The minimum Gasteiger partial charge on any atom is -0.464 e. The Labute approximate surface area is 213 Å². The molecular formula is C27H36N2O6S. The Morgan fingerprint density at radius 2 is 1.78 bits per heavy atom. The summed E-state index contributed by atoms with van der Waals surface area (Å²) in [7, 11) is -3.94. The predicted molar refractivity (Wildman–Crippen MR) is 139 cm³/mol. The smallest absolute Gasteiger partial charge is 0.407 e. The zero-order valence-corrected chi connectivity index (χ0v) is 22.3. The number of sulfonamides is 1. The minimum atomic E-state index is -3.94. The van der Waals surface area contributed by atoms with Crippen LogP contribution in [0.4, 0.5) is 4.79 Å². The van der Waals surface area contributed by atoms with Gasteiger partial charge in [0.2, 0.25) is 10.0 Å². The van der Waals surface area contributed by atoms with Gasteiger partial charge in [0.25, 0.3) is 0 Å². The summed E-state index contributed by atoms with van der Waals surface area (Å²) in [5.41, 5.74) is 0.764. The quantitative estimate of drug-likeness (QED) is 0.408. The molecule has 8 nitrogen and oxygen atoms in total. The van der Waals surface area contributed by atoms with Gasteiger partial charge in [-0.25, -0.2) is 13.2 Å². The lowest BCUT2D eigenvalue weighted by atomic mass is 10.0. The minimum absolute atomic E-state index is 0.0102. The van der Waals surface area contributed by atoms with Crippen LogP contribution in [0, 0.1) is 5.92 Å². The predicted octanol–water partition coefficient (Wildman–Crippen LogP) is 4.58. The van der Waals surface area contributed by atoms with Gasteiger partial charge in [-0.15, -0.1) is 0 Å². The number of furan rings is 1. The summed E-state index contributed by atoms with van der Waals surface area (Å²) < 4.78 is 39.3. The Morgan fingerprint density at radius 3 is 2.42 bits per heavy atom.